The molecule has 0 bridgehead atoms. The number of hydrogen-bond donors (Lipinski definition) is 0. The summed E-state index contributed by atoms with van der Waals surface area (Å²) in [6.07, 6.45) is 0.890. The van der Waals surface area contributed by atoms with E-state index in [4.69, 9.17) is 9.73 Å². The third-order valence-electron chi connectivity index (χ3n) is 4.25. The molecule has 0 N–H and O–H groups in total. The van der Waals surface area contributed by atoms with Gasteiger partial charge in [-0.25, -0.2) is 9.38 Å². The van der Waals surface area contributed by atoms with Crippen LogP contribution in [-0.2, 0) is 11.3 Å². The Hall–Kier alpha value is -2.24. The van der Waals surface area contributed by atoms with Crippen molar-refractivity contribution in [1.29, 1.82) is 0 Å². The predicted molar refractivity (Wildman–Crippen MR) is 105 cm³/mol. The van der Waals surface area contributed by atoms with E-state index in [0.29, 0.717) is 6.61 Å². The summed E-state index contributed by atoms with van der Waals surface area (Å²) in [5.74, 6) is -0.227. The Labute approximate surface area is 157 Å². The number of benzene rings is 2. The maximum atomic E-state index is 13.3. The van der Waals surface area contributed by atoms with Gasteiger partial charge in [-0.05, 0) is 67.3 Å². The first kappa shape index (κ1) is 18.5. The minimum absolute atomic E-state index is 0.227. The molecular formula is C21H23FN2OS. The van der Waals surface area contributed by atoms with Gasteiger partial charge in [-0.15, -0.1) is 11.3 Å². The van der Waals surface area contributed by atoms with E-state index in [2.05, 4.69) is 42.0 Å². The number of aryl methyl sites for hydroxylation is 2. The second-order valence-electron chi connectivity index (χ2n) is 6.31. The molecule has 2 aromatic carbocycles. The first-order valence-electron chi connectivity index (χ1n) is 8.63. The van der Waals surface area contributed by atoms with Gasteiger partial charge >= 0.3 is 0 Å². The zero-order chi connectivity index (χ0) is 18.5. The van der Waals surface area contributed by atoms with Crippen molar-refractivity contribution in [3.8, 4) is 11.3 Å². The lowest BCUT2D eigenvalue weighted by molar-refractivity contribution is 0.190. The van der Waals surface area contributed by atoms with E-state index in [0.717, 1.165) is 40.3 Å². The monoisotopic (exact) mass is 370 g/mol. The average Bonchev–Trinajstić information content (AvgIpc) is 3.02. The number of methoxy groups -OCH3 is 1. The summed E-state index contributed by atoms with van der Waals surface area (Å²) in [4.78, 5) is 5.85. The van der Waals surface area contributed by atoms with E-state index >= 15 is 0 Å². The van der Waals surface area contributed by atoms with Gasteiger partial charge in [-0.2, -0.15) is 0 Å². The summed E-state index contributed by atoms with van der Waals surface area (Å²) in [6.45, 7) is 5.63. The van der Waals surface area contributed by atoms with Crippen LogP contribution in [0.5, 0.6) is 0 Å². The molecule has 3 aromatic rings. The van der Waals surface area contributed by atoms with Crippen molar-refractivity contribution < 1.29 is 9.13 Å². The summed E-state index contributed by atoms with van der Waals surface area (Å²) < 4.78 is 20.7. The van der Waals surface area contributed by atoms with Crippen molar-refractivity contribution in [3.63, 3.8) is 0 Å². The minimum Gasteiger partial charge on any atom is -0.385 e. The Balaban J connectivity index is 2.08. The van der Waals surface area contributed by atoms with Gasteiger partial charge in [-0.1, -0.05) is 12.1 Å². The first-order chi connectivity index (χ1) is 12.6. The van der Waals surface area contributed by atoms with Crippen molar-refractivity contribution in [1.82, 2.24) is 4.57 Å². The number of ether oxygens (including phenoxy) is 1. The molecule has 0 atom stereocenters. The molecule has 26 heavy (non-hydrogen) atoms. The fourth-order valence-electron chi connectivity index (χ4n) is 2.80. The lowest BCUT2D eigenvalue weighted by Gasteiger charge is -2.09. The lowest BCUT2D eigenvalue weighted by Crippen LogP contribution is -2.17. The predicted octanol–water partition coefficient (Wildman–Crippen LogP) is 5.24. The zero-order valence-electron chi connectivity index (χ0n) is 15.3. The van der Waals surface area contributed by atoms with Crippen molar-refractivity contribution in [2.24, 2.45) is 4.99 Å². The molecule has 1 heterocycles. The highest BCUT2D eigenvalue weighted by Crippen LogP contribution is 2.23. The molecule has 0 spiro atoms. The van der Waals surface area contributed by atoms with Gasteiger partial charge in [0, 0.05) is 25.6 Å². The van der Waals surface area contributed by atoms with Crippen LogP contribution in [0.3, 0.4) is 0 Å². The molecule has 0 saturated heterocycles. The van der Waals surface area contributed by atoms with Gasteiger partial charge in [-0.3, -0.25) is 0 Å². The van der Waals surface area contributed by atoms with E-state index in [1.807, 2.05) is 12.1 Å². The van der Waals surface area contributed by atoms with Gasteiger partial charge in [0.25, 0.3) is 0 Å². The molecule has 5 heteroatoms. The summed E-state index contributed by atoms with van der Waals surface area (Å²) in [6, 6.07) is 12.9. The lowest BCUT2D eigenvalue weighted by atomic mass is 10.1. The number of nitrogens with zero attached hydrogens (tertiary/aromatic N) is 2. The van der Waals surface area contributed by atoms with Gasteiger partial charge < -0.3 is 9.30 Å². The topological polar surface area (TPSA) is 26.5 Å². The molecule has 0 amide bonds. The Kier molecular flexibility index (Phi) is 6.01. The smallest absolute Gasteiger partial charge is 0.190 e. The van der Waals surface area contributed by atoms with Crippen LogP contribution >= 0.6 is 11.3 Å². The molecule has 0 fully saturated rings. The van der Waals surface area contributed by atoms with Crippen LogP contribution in [0.15, 0.2) is 52.8 Å². The Bertz CT molecular complexity index is 941. The van der Waals surface area contributed by atoms with E-state index in [1.165, 1.54) is 17.7 Å². The van der Waals surface area contributed by atoms with E-state index in [9.17, 15) is 4.39 Å². The highest BCUT2D eigenvalue weighted by molar-refractivity contribution is 7.07. The average molecular weight is 370 g/mol. The number of halogens is 1. The Morgan fingerprint density at radius 3 is 2.62 bits per heavy atom. The molecule has 3 nitrogen and oxygen atoms in total. The Morgan fingerprint density at radius 2 is 1.88 bits per heavy atom. The normalized spacial score (nSPS) is 11.9. The summed E-state index contributed by atoms with van der Waals surface area (Å²) in [7, 11) is 1.71. The minimum atomic E-state index is -0.227. The maximum absolute atomic E-state index is 13.3. The molecule has 3 rings (SSSR count). The van der Waals surface area contributed by atoms with Crippen LogP contribution in [0.2, 0.25) is 0 Å². The molecule has 136 valence electrons. The largest absolute Gasteiger partial charge is 0.385 e. The highest BCUT2D eigenvalue weighted by atomic mass is 32.1. The summed E-state index contributed by atoms with van der Waals surface area (Å²) >= 11 is 1.60. The van der Waals surface area contributed by atoms with Crippen LogP contribution in [0.1, 0.15) is 17.5 Å². The molecule has 0 radical (unpaired) electrons. The first-order valence-corrected chi connectivity index (χ1v) is 9.51. The standard InChI is InChI=1S/C21H23FN2OS/c1-15-5-6-16(2)19(13-15)23-21-24(11-4-12-25-3)20(14-26-21)17-7-9-18(22)10-8-17/h5-10,13-14H,4,11-12H2,1-3H3. The quantitative estimate of drug-likeness (QED) is 0.545. The van der Waals surface area contributed by atoms with E-state index in [-0.39, 0.29) is 5.82 Å². The Morgan fingerprint density at radius 1 is 1.12 bits per heavy atom. The molecule has 1 aromatic heterocycles. The van der Waals surface area contributed by atoms with Crippen molar-refractivity contribution in [2.75, 3.05) is 13.7 Å². The number of hydrogen-bond acceptors (Lipinski definition) is 3. The number of aromatic nitrogens is 1. The fraction of sp³-hybridized carbons (Fsp3) is 0.286. The fourth-order valence-corrected chi connectivity index (χ4v) is 3.74. The van der Waals surface area contributed by atoms with Gasteiger partial charge in [0.1, 0.15) is 5.82 Å². The second kappa shape index (κ2) is 8.43. The van der Waals surface area contributed by atoms with Crippen LogP contribution in [0.4, 0.5) is 10.1 Å². The van der Waals surface area contributed by atoms with E-state index in [1.54, 1.807) is 18.4 Å². The van der Waals surface area contributed by atoms with Gasteiger partial charge in [0.15, 0.2) is 4.80 Å². The summed E-state index contributed by atoms with van der Waals surface area (Å²) in [5.41, 5.74) is 5.36. The van der Waals surface area contributed by atoms with Crippen LogP contribution in [-0.4, -0.2) is 18.3 Å². The van der Waals surface area contributed by atoms with E-state index < -0.39 is 0 Å². The maximum Gasteiger partial charge on any atom is 0.190 e. The molecule has 0 unspecified atom stereocenters. The second-order valence-corrected chi connectivity index (χ2v) is 7.15. The molecule has 0 saturated carbocycles. The molecule has 0 aliphatic rings. The van der Waals surface area contributed by atoms with Gasteiger partial charge in [0.05, 0.1) is 11.4 Å². The molecule has 0 aliphatic heterocycles. The number of rotatable bonds is 6. The van der Waals surface area contributed by atoms with Gasteiger partial charge in [0.2, 0.25) is 0 Å². The van der Waals surface area contributed by atoms with Crippen molar-refractivity contribution in [3.05, 3.63) is 69.6 Å². The molecule has 0 aliphatic carbocycles. The van der Waals surface area contributed by atoms with Crippen LogP contribution in [0, 0.1) is 19.7 Å². The molecular weight excluding hydrogens is 347 g/mol. The third kappa shape index (κ3) is 4.29. The zero-order valence-corrected chi connectivity index (χ0v) is 16.1. The van der Waals surface area contributed by atoms with Crippen LogP contribution in [0.25, 0.3) is 11.3 Å². The highest BCUT2D eigenvalue weighted by Gasteiger charge is 2.09. The van der Waals surface area contributed by atoms with Crippen molar-refractivity contribution >= 4 is 17.0 Å². The summed E-state index contributed by atoms with van der Waals surface area (Å²) in [5, 5.41) is 2.09. The number of thiazole rings is 1. The van der Waals surface area contributed by atoms with Crippen LogP contribution < -0.4 is 4.80 Å². The SMILES string of the molecule is COCCCn1c(-c2ccc(F)cc2)csc1=Nc1cc(C)ccc1C. The third-order valence-corrected chi connectivity index (χ3v) is 5.11. The van der Waals surface area contributed by atoms with Crippen molar-refractivity contribution in [2.45, 2.75) is 26.8 Å².